The van der Waals surface area contributed by atoms with Crippen LogP contribution in [0.25, 0.3) is 10.1 Å². The largest absolute Gasteiger partial charge is 0.487 e. The van der Waals surface area contributed by atoms with Gasteiger partial charge >= 0.3 is 5.97 Å². The molecule has 1 heterocycles. The Hall–Kier alpha value is -2.86. The van der Waals surface area contributed by atoms with Gasteiger partial charge in [-0.1, -0.05) is 24.3 Å². The zero-order valence-electron chi connectivity index (χ0n) is 13.9. The molecule has 5 nitrogen and oxygen atoms in total. The van der Waals surface area contributed by atoms with Crippen LogP contribution in [0.2, 0.25) is 0 Å². The summed E-state index contributed by atoms with van der Waals surface area (Å²) in [5.41, 5.74) is 1.07. The zero-order chi connectivity index (χ0) is 18.0. The molecule has 0 spiro atoms. The van der Waals surface area contributed by atoms with Gasteiger partial charge in [-0.05, 0) is 29.8 Å². The minimum absolute atomic E-state index is 0.0996. The molecular formula is C19H17NO4S. The Kier molecular flexibility index (Phi) is 4.72. The number of hydrogen-bond donors (Lipinski definition) is 1. The summed E-state index contributed by atoms with van der Waals surface area (Å²) in [6.45, 7) is 0.258. The number of carboxylic acids is 1. The molecule has 0 aliphatic carbocycles. The van der Waals surface area contributed by atoms with E-state index < -0.39 is 5.97 Å². The molecule has 1 amide bonds. The number of aromatic carboxylic acids is 1. The highest BCUT2D eigenvalue weighted by molar-refractivity contribution is 7.21. The predicted octanol–water partition coefficient (Wildman–Crippen LogP) is 3.88. The summed E-state index contributed by atoms with van der Waals surface area (Å²) in [5.74, 6) is -0.491. The Balaban J connectivity index is 1.90. The minimum atomic E-state index is -0.963. The average molecular weight is 355 g/mol. The van der Waals surface area contributed by atoms with Gasteiger partial charge in [0.05, 0.1) is 5.56 Å². The molecular weight excluding hydrogens is 338 g/mol. The van der Waals surface area contributed by atoms with Gasteiger partial charge in [0.25, 0.3) is 5.91 Å². The molecule has 0 saturated carbocycles. The minimum Gasteiger partial charge on any atom is -0.487 e. The molecule has 1 aromatic heterocycles. The molecule has 3 aromatic rings. The van der Waals surface area contributed by atoms with Crippen LogP contribution in [-0.4, -0.2) is 36.0 Å². The summed E-state index contributed by atoms with van der Waals surface area (Å²) in [6, 6.07) is 14.2. The van der Waals surface area contributed by atoms with Crippen LogP contribution >= 0.6 is 11.3 Å². The first-order valence-electron chi connectivity index (χ1n) is 7.65. The molecule has 0 aliphatic rings. The van der Waals surface area contributed by atoms with Crippen LogP contribution in [-0.2, 0) is 6.61 Å². The zero-order valence-corrected chi connectivity index (χ0v) is 14.7. The quantitative estimate of drug-likeness (QED) is 0.754. The van der Waals surface area contributed by atoms with E-state index >= 15 is 0 Å². The van der Waals surface area contributed by atoms with Crippen LogP contribution in [0.5, 0.6) is 5.75 Å². The van der Waals surface area contributed by atoms with Crippen molar-refractivity contribution in [2.45, 2.75) is 6.61 Å². The number of carbonyl (C=O) groups is 2. The van der Waals surface area contributed by atoms with Gasteiger partial charge in [0.1, 0.15) is 11.5 Å². The van der Waals surface area contributed by atoms with Crippen molar-refractivity contribution >= 4 is 33.3 Å². The van der Waals surface area contributed by atoms with Gasteiger partial charge in [0.2, 0.25) is 0 Å². The van der Waals surface area contributed by atoms with Crippen LogP contribution in [0, 0.1) is 0 Å². The second-order valence-electron chi connectivity index (χ2n) is 5.75. The van der Waals surface area contributed by atoms with Crippen molar-refractivity contribution in [3.05, 3.63) is 64.5 Å². The summed E-state index contributed by atoms with van der Waals surface area (Å²) < 4.78 is 6.95. The highest BCUT2D eigenvalue weighted by atomic mass is 32.1. The third-order valence-corrected chi connectivity index (χ3v) is 4.87. The van der Waals surface area contributed by atoms with Crippen molar-refractivity contribution in [3.63, 3.8) is 0 Å². The van der Waals surface area contributed by atoms with E-state index in [9.17, 15) is 9.59 Å². The third kappa shape index (κ3) is 3.49. The van der Waals surface area contributed by atoms with Gasteiger partial charge in [-0.15, -0.1) is 11.3 Å². The highest BCUT2D eigenvalue weighted by Crippen LogP contribution is 2.38. The molecule has 6 heteroatoms. The maximum Gasteiger partial charge on any atom is 0.335 e. The van der Waals surface area contributed by atoms with E-state index in [2.05, 4.69) is 0 Å². The lowest BCUT2D eigenvalue weighted by atomic mass is 10.1. The number of thiophene rings is 1. The maximum absolute atomic E-state index is 12.5. The standard InChI is InChI=1S/C19H17NO4S/c1-20(2)18(21)17-16(14-5-3-4-6-15(14)25-17)24-11-12-7-9-13(10-8-12)19(22)23/h3-10H,11H2,1-2H3,(H,22,23). The normalized spacial score (nSPS) is 10.6. The molecule has 0 atom stereocenters. The predicted molar refractivity (Wildman–Crippen MR) is 97.6 cm³/mol. The van der Waals surface area contributed by atoms with Gasteiger partial charge in [-0.3, -0.25) is 4.79 Å². The Morgan fingerprint density at radius 2 is 1.76 bits per heavy atom. The topological polar surface area (TPSA) is 66.8 Å². The number of ether oxygens (including phenoxy) is 1. The van der Waals surface area contributed by atoms with E-state index in [1.54, 1.807) is 38.4 Å². The summed E-state index contributed by atoms with van der Waals surface area (Å²) in [5, 5.41) is 9.85. The Bertz CT molecular complexity index is 928. The van der Waals surface area contributed by atoms with Gasteiger partial charge in [-0.25, -0.2) is 4.79 Å². The van der Waals surface area contributed by atoms with Gasteiger partial charge in [0.15, 0.2) is 5.75 Å². The SMILES string of the molecule is CN(C)C(=O)c1sc2ccccc2c1OCc1ccc(C(=O)O)cc1. The molecule has 0 saturated heterocycles. The number of fused-ring (bicyclic) bond motifs is 1. The Morgan fingerprint density at radius 3 is 2.40 bits per heavy atom. The fourth-order valence-corrected chi connectivity index (χ4v) is 3.58. The molecule has 0 radical (unpaired) electrons. The van der Waals surface area contributed by atoms with E-state index in [1.165, 1.54) is 16.2 Å². The van der Waals surface area contributed by atoms with Crippen molar-refractivity contribution in [1.29, 1.82) is 0 Å². The Labute approximate surface area is 149 Å². The monoisotopic (exact) mass is 355 g/mol. The third-order valence-electron chi connectivity index (χ3n) is 3.73. The van der Waals surface area contributed by atoms with Gasteiger partial charge in [-0.2, -0.15) is 0 Å². The van der Waals surface area contributed by atoms with E-state index in [-0.39, 0.29) is 18.1 Å². The lowest BCUT2D eigenvalue weighted by Gasteiger charge is -2.12. The smallest absolute Gasteiger partial charge is 0.335 e. The second-order valence-corrected chi connectivity index (χ2v) is 6.80. The molecule has 3 rings (SSSR count). The molecule has 0 bridgehead atoms. The molecule has 0 fully saturated rings. The number of hydrogen-bond acceptors (Lipinski definition) is 4. The van der Waals surface area contributed by atoms with Gasteiger partial charge in [0, 0.05) is 24.2 Å². The summed E-state index contributed by atoms with van der Waals surface area (Å²) in [4.78, 5) is 25.5. The van der Waals surface area contributed by atoms with Crippen molar-refractivity contribution in [2.75, 3.05) is 14.1 Å². The number of rotatable bonds is 5. The van der Waals surface area contributed by atoms with Crippen LogP contribution in [0.4, 0.5) is 0 Å². The van der Waals surface area contributed by atoms with Gasteiger partial charge < -0.3 is 14.7 Å². The first-order valence-corrected chi connectivity index (χ1v) is 8.47. The number of benzene rings is 2. The van der Waals surface area contributed by atoms with Crippen molar-refractivity contribution in [1.82, 2.24) is 4.90 Å². The molecule has 128 valence electrons. The first-order chi connectivity index (χ1) is 12.0. The number of carbonyl (C=O) groups excluding carboxylic acids is 1. The van der Waals surface area contributed by atoms with E-state index in [0.29, 0.717) is 10.6 Å². The molecule has 2 aromatic carbocycles. The maximum atomic E-state index is 12.5. The fraction of sp³-hybridized carbons (Fsp3) is 0.158. The number of amides is 1. The Morgan fingerprint density at radius 1 is 1.08 bits per heavy atom. The molecule has 0 unspecified atom stereocenters. The highest BCUT2D eigenvalue weighted by Gasteiger charge is 2.21. The average Bonchev–Trinajstić information content (AvgIpc) is 2.98. The van der Waals surface area contributed by atoms with E-state index in [1.807, 2.05) is 24.3 Å². The van der Waals surface area contributed by atoms with Crippen molar-refractivity contribution < 1.29 is 19.4 Å². The number of nitrogens with zero attached hydrogens (tertiary/aromatic N) is 1. The second kappa shape index (κ2) is 6.94. The van der Waals surface area contributed by atoms with Crippen LogP contribution in [0.1, 0.15) is 25.6 Å². The van der Waals surface area contributed by atoms with Crippen LogP contribution in [0.15, 0.2) is 48.5 Å². The fourth-order valence-electron chi connectivity index (χ4n) is 2.41. The summed E-state index contributed by atoms with van der Waals surface area (Å²) in [7, 11) is 3.42. The lowest BCUT2D eigenvalue weighted by molar-refractivity contribution is 0.0696. The molecule has 1 N–H and O–H groups in total. The molecule has 25 heavy (non-hydrogen) atoms. The summed E-state index contributed by atoms with van der Waals surface area (Å²) in [6.07, 6.45) is 0. The van der Waals surface area contributed by atoms with Crippen LogP contribution in [0.3, 0.4) is 0 Å². The first kappa shape index (κ1) is 17.0. The van der Waals surface area contributed by atoms with Crippen molar-refractivity contribution in [3.8, 4) is 5.75 Å². The van der Waals surface area contributed by atoms with Crippen molar-refractivity contribution in [2.24, 2.45) is 0 Å². The van der Waals surface area contributed by atoms with E-state index in [4.69, 9.17) is 9.84 Å². The number of carboxylic acid groups (broad SMARTS) is 1. The van der Waals surface area contributed by atoms with E-state index in [0.717, 1.165) is 15.6 Å². The van der Waals surface area contributed by atoms with Crippen LogP contribution < -0.4 is 4.74 Å². The molecule has 0 aliphatic heterocycles. The summed E-state index contributed by atoms with van der Waals surface area (Å²) >= 11 is 1.41. The lowest BCUT2D eigenvalue weighted by Crippen LogP contribution is -2.21.